The van der Waals surface area contributed by atoms with Crippen LogP contribution in [0.15, 0.2) is 71.6 Å². The molecule has 3 N–H and O–H groups in total. The van der Waals surface area contributed by atoms with Gasteiger partial charge in [-0.1, -0.05) is 30.3 Å². The number of amides is 2. The van der Waals surface area contributed by atoms with E-state index in [2.05, 4.69) is 5.32 Å². The van der Waals surface area contributed by atoms with Crippen molar-refractivity contribution >= 4 is 27.7 Å². The minimum atomic E-state index is -4.19. The van der Waals surface area contributed by atoms with E-state index in [4.69, 9.17) is 4.74 Å². The Morgan fingerprint density at radius 2 is 1.58 bits per heavy atom. The van der Waals surface area contributed by atoms with E-state index in [-0.39, 0.29) is 23.7 Å². The maximum atomic E-state index is 13.7. The summed E-state index contributed by atoms with van der Waals surface area (Å²) in [5, 5.41) is 11.9. The number of rotatable bonds is 5. The van der Waals surface area contributed by atoms with Gasteiger partial charge >= 0.3 is 6.09 Å². The van der Waals surface area contributed by atoms with Gasteiger partial charge in [-0.05, 0) is 85.8 Å². The molecule has 0 saturated carbocycles. The van der Waals surface area contributed by atoms with Crippen molar-refractivity contribution in [2.45, 2.75) is 50.3 Å². The number of nitrogens with zero attached hydrogens (tertiary/aromatic N) is 1. The van der Waals surface area contributed by atoms with E-state index in [1.54, 1.807) is 68.7 Å². The van der Waals surface area contributed by atoms with E-state index < -0.39 is 33.7 Å². The van der Waals surface area contributed by atoms with E-state index >= 15 is 0 Å². The first-order valence-electron chi connectivity index (χ1n) is 11.8. The van der Waals surface area contributed by atoms with Crippen molar-refractivity contribution < 1.29 is 32.3 Å². The third kappa shape index (κ3) is 6.01. The van der Waals surface area contributed by atoms with Crippen LogP contribution in [0.1, 0.15) is 31.9 Å². The molecule has 0 spiro atoms. The van der Waals surface area contributed by atoms with Gasteiger partial charge in [0.15, 0.2) is 0 Å². The highest BCUT2D eigenvalue weighted by molar-refractivity contribution is 7.89. The molecule has 0 aromatic heterocycles. The Morgan fingerprint density at radius 3 is 2.16 bits per heavy atom. The van der Waals surface area contributed by atoms with E-state index in [0.29, 0.717) is 27.9 Å². The van der Waals surface area contributed by atoms with Crippen LogP contribution in [0.25, 0.3) is 11.1 Å². The third-order valence-electron chi connectivity index (χ3n) is 5.99. The van der Waals surface area contributed by atoms with Gasteiger partial charge < -0.3 is 4.74 Å². The second kappa shape index (κ2) is 10.5. The largest absolute Gasteiger partial charge is 0.444 e. The van der Waals surface area contributed by atoms with Crippen LogP contribution in [-0.4, -0.2) is 41.6 Å². The molecule has 0 unspecified atom stereocenters. The number of hydroxylamine groups is 1. The quantitative estimate of drug-likeness (QED) is 0.324. The summed E-state index contributed by atoms with van der Waals surface area (Å²) >= 11 is 0. The molecule has 1 aliphatic heterocycles. The summed E-state index contributed by atoms with van der Waals surface area (Å²) in [5.74, 6) is -1.24. The Labute approximate surface area is 220 Å². The van der Waals surface area contributed by atoms with Crippen LogP contribution in [0, 0.1) is 5.82 Å². The molecule has 0 fully saturated rings. The van der Waals surface area contributed by atoms with Crippen LogP contribution in [0.3, 0.4) is 0 Å². The predicted octanol–water partition coefficient (Wildman–Crippen LogP) is 4.46. The Morgan fingerprint density at radius 1 is 0.974 bits per heavy atom. The number of hydrogen-bond donors (Lipinski definition) is 3. The standard InChI is InChI=1S/C27H28FN3O6S/c1-27(2,3)37-26(33)29-22-11-6-19-15-24(25(32)30-34)31(16-20(19)14-22)38(35,36)23-12-7-18(8-13-23)17-4-9-21(28)10-5-17/h4-14,24,34H,15-16H2,1-3H3,(H,29,33)(H,30,32)/t24-/m1/s1. The number of halogens is 1. The number of carbonyl (C=O) groups excluding carboxylic acids is 2. The second-order valence-corrected chi connectivity index (χ2v) is 11.8. The number of ether oxygens (including phenoxy) is 1. The van der Waals surface area contributed by atoms with Crippen molar-refractivity contribution in [3.05, 3.63) is 83.7 Å². The normalized spacial score (nSPS) is 15.9. The zero-order chi connectivity index (χ0) is 27.7. The van der Waals surface area contributed by atoms with Gasteiger partial charge in [0.1, 0.15) is 17.5 Å². The number of hydrogen-bond acceptors (Lipinski definition) is 6. The van der Waals surface area contributed by atoms with Gasteiger partial charge in [0.05, 0.1) is 4.90 Å². The predicted molar refractivity (Wildman–Crippen MR) is 138 cm³/mol. The van der Waals surface area contributed by atoms with Gasteiger partial charge in [-0.3, -0.25) is 15.3 Å². The smallest absolute Gasteiger partial charge is 0.412 e. The van der Waals surface area contributed by atoms with Gasteiger partial charge in [0.25, 0.3) is 5.91 Å². The number of anilines is 1. The molecule has 0 radical (unpaired) electrons. The van der Waals surface area contributed by atoms with Gasteiger partial charge in [0.2, 0.25) is 10.0 Å². The minimum absolute atomic E-state index is 0.0152. The van der Waals surface area contributed by atoms with Gasteiger partial charge in [0, 0.05) is 12.2 Å². The molecule has 3 aromatic rings. The molecule has 0 bridgehead atoms. The molecular formula is C27H28FN3O6S. The molecule has 1 atom stereocenters. The summed E-state index contributed by atoms with van der Waals surface area (Å²) in [7, 11) is -4.19. The fourth-order valence-corrected chi connectivity index (χ4v) is 5.77. The lowest BCUT2D eigenvalue weighted by molar-refractivity contribution is -0.133. The second-order valence-electron chi connectivity index (χ2n) is 9.89. The van der Waals surface area contributed by atoms with Crippen molar-refractivity contribution in [2.24, 2.45) is 0 Å². The van der Waals surface area contributed by atoms with E-state index in [1.807, 2.05) is 0 Å². The van der Waals surface area contributed by atoms with Crippen molar-refractivity contribution in [3.63, 3.8) is 0 Å². The van der Waals surface area contributed by atoms with Crippen LogP contribution in [0.2, 0.25) is 0 Å². The summed E-state index contributed by atoms with van der Waals surface area (Å²) in [5.41, 5.74) is 3.97. The number of carbonyl (C=O) groups is 2. The summed E-state index contributed by atoms with van der Waals surface area (Å²) in [6, 6.07) is 15.6. The zero-order valence-corrected chi connectivity index (χ0v) is 21.9. The van der Waals surface area contributed by atoms with Crippen LogP contribution in [0.4, 0.5) is 14.9 Å². The first kappa shape index (κ1) is 27.2. The molecule has 2 amide bonds. The highest BCUT2D eigenvalue weighted by atomic mass is 32.2. The van der Waals surface area contributed by atoms with Crippen molar-refractivity contribution in [3.8, 4) is 11.1 Å². The molecule has 11 heteroatoms. The number of fused-ring (bicyclic) bond motifs is 1. The average molecular weight is 542 g/mol. The average Bonchev–Trinajstić information content (AvgIpc) is 2.86. The molecule has 0 aliphatic carbocycles. The molecule has 3 aromatic carbocycles. The molecule has 1 heterocycles. The highest BCUT2D eigenvalue weighted by Crippen LogP contribution is 2.32. The van der Waals surface area contributed by atoms with Gasteiger partial charge in [-0.15, -0.1) is 0 Å². The van der Waals surface area contributed by atoms with Crippen molar-refractivity contribution in [1.29, 1.82) is 0 Å². The molecule has 200 valence electrons. The highest BCUT2D eigenvalue weighted by Gasteiger charge is 2.39. The minimum Gasteiger partial charge on any atom is -0.444 e. The fourth-order valence-electron chi connectivity index (χ4n) is 4.21. The van der Waals surface area contributed by atoms with Crippen LogP contribution in [-0.2, 0) is 32.5 Å². The lowest BCUT2D eigenvalue weighted by Crippen LogP contribution is -2.51. The first-order chi connectivity index (χ1) is 17.9. The SMILES string of the molecule is CC(C)(C)OC(=O)Nc1ccc2c(c1)CN(S(=O)(=O)c1ccc(-c3ccc(F)cc3)cc1)[C@@H](C(=O)NO)C2. The monoisotopic (exact) mass is 541 g/mol. The molecule has 9 nitrogen and oxygen atoms in total. The maximum absolute atomic E-state index is 13.7. The summed E-state index contributed by atoms with van der Waals surface area (Å²) in [4.78, 5) is 24.6. The van der Waals surface area contributed by atoms with Crippen molar-refractivity contribution in [2.75, 3.05) is 5.32 Å². The Kier molecular flexibility index (Phi) is 7.54. The molecule has 4 rings (SSSR count). The number of nitrogens with one attached hydrogen (secondary N) is 2. The van der Waals surface area contributed by atoms with E-state index in [1.165, 1.54) is 24.3 Å². The Bertz CT molecular complexity index is 1450. The molecular weight excluding hydrogens is 513 g/mol. The van der Waals surface area contributed by atoms with Crippen molar-refractivity contribution in [1.82, 2.24) is 9.79 Å². The topological polar surface area (TPSA) is 125 Å². The summed E-state index contributed by atoms with van der Waals surface area (Å²) in [6.45, 7) is 5.04. The number of benzene rings is 3. The lowest BCUT2D eigenvalue weighted by atomic mass is 9.95. The lowest BCUT2D eigenvalue weighted by Gasteiger charge is -2.34. The fraction of sp³-hybridized carbons (Fsp3) is 0.259. The van der Waals surface area contributed by atoms with Gasteiger partial charge in [-0.25, -0.2) is 23.1 Å². The molecule has 38 heavy (non-hydrogen) atoms. The molecule has 0 saturated heterocycles. The van der Waals surface area contributed by atoms with Crippen LogP contribution < -0.4 is 10.8 Å². The maximum Gasteiger partial charge on any atom is 0.412 e. The third-order valence-corrected chi connectivity index (χ3v) is 7.86. The first-order valence-corrected chi connectivity index (χ1v) is 13.2. The van der Waals surface area contributed by atoms with Crippen LogP contribution >= 0.6 is 0 Å². The van der Waals surface area contributed by atoms with E-state index in [0.717, 1.165) is 4.31 Å². The van der Waals surface area contributed by atoms with Crippen LogP contribution in [0.5, 0.6) is 0 Å². The zero-order valence-electron chi connectivity index (χ0n) is 21.1. The van der Waals surface area contributed by atoms with Gasteiger partial charge in [-0.2, -0.15) is 4.31 Å². The summed E-state index contributed by atoms with van der Waals surface area (Å²) in [6.07, 6.45) is -0.641. The number of sulfonamides is 1. The molecule has 1 aliphatic rings. The Balaban J connectivity index is 1.63. The Hall–Kier alpha value is -3.80. The van der Waals surface area contributed by atoms with E-state index in [9.17, 15) is 27.6 Å². The summed E-state index contributed by atoms with van der Waals surface area (Å²) < 4.78 is 46.9.